The Morgan fingerprint density at radius 1 is 1.27 bits per heavy atom. The van der Waals surface area contributed by atoms with Gasteiger partial charge in [0, 0.05) is 25.1 Å². The fraction of sp³-hybridized carbons (Fsp3) is 0.529. The second kappa shape index (κ2) is 9.11. The van der Waals surface area contributed by atoms with E-state index in [4.69, 9.17) is 4.74 Å². The highest BCUT2D eigenvalue weighted by atomic mass is 32.2. The third-order valence-electron chi connectivity index (χ3n) is 3.84. The van der Waals surface area contributed by atoms with Crippen LogP contribution in [-0.4, -0.2) is 39.5 Å². The molecule has 1 heterocycles. The van der Waals surface area contributed by atoms with Gasteiger partial charge in [-0.25, -0.2) is 13.1 Å². The molecule has 1 saturated heterocycles. The van der Waals surface area contributed by atoms with Crippen LogP contribution in [0.3, 0.4) is 0 Å². The number of hydrazine groups is 1. The van der Waals surface area contributed by atoms with Gasteiger partial charge in [-0.3, -0.25) is 20.4 Å². The summed E-state index contributed by atoms with van der Waals surface area (Å²) < 4.78 is 32.7. The Labute approximate surface area is 153 Å². The molecule has 1 aromatic carbocycles. The normalized spacial score (nSPS) is 17.3. The Bertz CT molecular complexity index is 743. The van der Waals surface area contributed by atoms with E-state index in [-0.39, 0.29) is 41.4 Å². The minimum absolute atomic E-state index is 0.0170. The minimum atomic E-state index is -3.75. The van der Waals surface area contributed by atoms with Crippen LogP contribution in [-0.2, 0) is 19.6 Å². The summed E-state index contributed by atoms with van der Waals surface area (Å²) in [6.45, 7) is 4.62. The highest BCUT2D eigenvalue weighted by Crippen LogP contribution is 2.14. The largest absolute Gasteiger partial charge is 0.377 e. The van der Waals surface area contributed by atoms with Crippen molar-refractivity contribution < 1.29 is 22.7 Å². The molecule has 0 aromatic heterocycles. The third-order valence-corrected chi connectivity index (χ3v) is 5.26. The number of carbonyl (C=O) groups excluding carboxylic acids is 2. The van der Waals surface area contributed by atoms with Crippen molar-refractivity contribution in [1.82, 2.24) is 15.6 Å². The molecule has 0 aliphatic carbocycles. The van der Waals surface area contributed by atoms with E-state index in [9.17, 15) is 18.0 Å². The predicted octanol–water partition coefficient (Wildman–Crippen LogP) is 0.951. The first-order chi connectivity index (χ1) is 12.3. The fourth-order valence-electron chi connectivity index (χ4n) is 2.52. The number of hydrogen-bond acceptors (Lipinski definition) is 5. The van der Waals surface area contributed by atoms with Gasteiger partial charge >= 0.3 is 0 Å². The van der Waals surface area contributed by atoms with Gasteiger partial charge in [0.25, 0.3) is 5.91 Å². The highest BCUT2D eigenvalue weighted by molar-refractivity contribution is 7.89. The Hall–Kier alpha value is -1.97. The lowest BCUT2D eigenvalue weighted by molar-refractivity contribution is -0.122. The van der Waals surface area contributed by atoms with Gasteiger partial charge in [0.1, 0.15) is 0 Å². The maximum Gasteiger partial charge on any atom is 0.269 e. The molecule has 3 N–H and O–H groups in total. The van der Waals surface area contributed by atoms with Crippen molar-refractivity contribution in [3.8, 4) is 0 Å². The van der Waals surface area contributed by atoms with Gasteiger partial charge in [0.05, 0.1) is 11.0 Å². The average molecular weight is 383 g/mol. The van der Waals surface area contributed by atoms with E-state index >= 15 is 0 Å². The summed E-state index contributed by atoms with van der Waals surface area (Å²) in [5.74, 6) is -0.732. The second-order valence-electron chi connectivity index (χ2n) is 6.62. The summed E-state index contributed by atoms with van der Waals surface area (Å²) >= 11 is 0. The van der Waals surface area contributed by atoms with Crippen LogP contribution in [0.2, 0.25) is 0 Å². The first-order valence-electron chi connectivity index (χ1n) is 8.58. The molecule has 0 bridgehead atoms. The minimum Gasteiger partial charge on any atom is -0.377 e. The van der Waals surface area contributed by atoms with E-state index in [1.165, 1.54) is 24.3 Å². The topological polar surface area (TPSA) is 114 Å². The molecule has 1 aliphatic heterocycles. The number of nitrogens with one attached hydrogen (secondary N) is 3. The molecule has 1 aromatic rings. The molecule has 2 amide bonds. The number of sulfonamides is 1. The first kappa shape index (κ1) is 20.3. The predicted molar refractivity (Wildman–Crippen MR) is 95.7 cm³/mol. The number of benzene rings is 1. The molecular formula is C17H25N3O5S. The van der Waals surface area contributed by atoms with E-state index in [1.807, 2.05) is 13.8 Å². The zero-order valence-corrected chi connectivity index (χ0v) is 15.8. The second-order valence-corrected chi connectivity index (χ2v) is 8.38. The van der Waals surface area contributed by atoms with Crippen molar-refractivity contribution in [1.29, 1.82) is 0 Å². The van der Waals surface area contributed by atoms with Gasteiger partial charge in [0.2, 0.25) is 15.9 Å². The summed E-state index contributed by atoms with van der Waals surface area (Å²) in [7, 11) is -3.75. The van der Waals surface area contributed by atoms with E-state index < -0.39 is 15.9 Å². The van der Waals surface area contributed by atoms with Crippen LogP contribution in [0.1, 0.15) is 43.5 Å². The van der Waals surface area contributed by atoms with Gasteiger partial charge in [-0.1, -0.05) is 19.9 Å². The summed E-state index contributed by atoms with van der Waals surface area (Å²) in [5.41, 5.74) is 4.73. The molecule has 0 radical (unpaired) electrons. The lowest BCUT2D eigenvalue weighted by Crippen LogP contribution is -2.42. The molecular weight excluding hydrogens is 358 g/mol. The molecule has 1 fully saturated rings. The van der Waals surface area contributed by atoms with Crippen molar-refractivity contribution in [2.75, 3.05) is 13.2 Å². The molecule has 144 valence electrons. The van der Waals surface area contributed by atoms with Crippen molar-refractivity contribution >= 4 is 21.8 Å². The monoisotopic (exact) mass is 383 g/mol. The van der Waals surface area contributed by atoms with Crippen LogP contribution in [0.4, 0.5) is 0 Å². The fourth-order valence-corrected chi connectivity index (χ4v) is 3.63. The van der Waals surface area contributed by atoms with Crippen LogP contribution >= 0.6 is 0 Å². The number of rotatable bonds is 7. The summed E-state index contributed by atoms with van der Waals surface area (Å²) in [5, 5.41) is 0. The van der Waals surface area contributed by atoms with Gasteiger partial charge in [-0.2, -0.15) is 0 Å². The van der Waals surface area contributed by atoms with E-state index in [1.54, 1.807) is 0 Å². The Morgan fingerprint density at radius 2 is 2.04 bits per heavy atom. The average Bonchev–Trinajstić information content (AvgIpc) is 3.11. The molecule has 1 unspecified atom stereocenters. The Balaban J connectivity index is 1.97. The van der Waals surface area contributed by atoms with Gasteiger partial charge in [-0.15, -0.1) is 0 Å². The molecule has 2 rings (SSSR count). The van der Waals surface area contributed by atoms with Gasteiger partial charge in [0.15, 0.2) is 0 Å². The smallest absolute Gasteiger partial charge is 0.269 e. The van der Waals surface area contributed by atoms with Crippen LogP contribution in [0.15, 0.2) is 29.2 Å². The number of amides is 2. The standard InChI is InChI=1S/C17H25N3O5S/c1-12(2)9-16(21)19-20-17(22)13-5-3-7-15(10-13)26(23,24)18-11-14-6-4-8-25-14/h3,5,7,10,12,14,18H,4,6,8-9,11H2,1-2H3,(H,19,21)(H,20,22). The number of ether oxygens (including phenoxy) is 1. The molecule has 1 atom stereocenters. The van der Waals surface area contributed by atoms with Crippen LogP contribution in [0, 0.1) is 5.92 Å². The third kappa shape index (κ3) is 6.08. The van der Waals surface area contributed by atoms with Crippen LogP contribution in [0.25, 0.3) is 0 Å². The van der Waals surface area contributed by atoms with Crippen LogP contribution in [0.5, 0.6) is 0 Å². The molecule has 26 heavy (non-hydrogen) atoms. The maximum absolute atomic E-state index is 12.4. The maximum atomic E-state index is 12.4. The molecule has 8 nitrogen and oxygen atoms in total. The molecule has 1 aliphatic rings. The quantitative estimate of drug-likeness (QED) is 0.607. The molecule has 9 heteroatoms. The van der Waals surface area contributed by atoms with E-state index in [0.717, 1.165) is 12.8 Å². The molecule has 0 spiro atoms. The lowest BCUT2D eigenvalue weighted by atomic mass is 10.1. The molecule has 0 saturated carbocycles. The lowest BCUT2D eigenvalue weighted by Gasteiger charge is -2.12. The summed E-state index contributed by atoms with van der Waals surface area (Å²) in [6.07, 6.45) is 1.90. The van der Waals surface area contributed by atoms with Crippen molar-refractivity contribution in [2.24, 2.45) is 5.92 Å². The summed E-state index contributed by atoms with van der Waals surface area (Å²) in [4.78, 5) is 23.7. The Morgan fingerprint density at radius 3 is 2.69 bits per heavy atom. The number of carbonyl (C=O) groups is 2. The SMILES string of the molecule is CC(C)CC(=O)NNC(=O)c1cccc(S(=O)(=O)NCC2CCCO2)c1. The summed E-state index contributed by atoms with van der Waals surface area (Å²) in [6, 6.07) is 5.63. The Kier molecular flexibility index (Phi) is 7.13. The van der Waals surface area contributed by atoms with Crippen molar-refractivity contribution in [3.63, 3.8) is 0 Å². The first-order valence-corrected chi connectivity index (χ1v) is 10.1. The van der Waals surface area contributed by atoms with Crippen molar-refractivity contribution in [2.45, 2.75) is 44.1 Å². The van der Waals surface area contributed by atoms with Gasteiger partial charge in [-0.05, 0) is 37.0 Å². The van der Waals surface area contributed by atoms with E-state index in [0.29, 0.717) is 6.61 Å². The van der Waals surface area contributed by atoms with Gasteiger partial charge < -0.3 is 4.74 Å². The van der Waals surface area contributed by atoms with Crippen molar-refractivity contribution in [3.05, 3.63) is 29.8 Å². The highest BCUT2D eigenvalue weighted by Gasteiger charge is 2.21. The zero-order chi connectivity index (χ0) is 19.2. The van der Waals surface area contributed by atoms with Crippen LogP contribution < -0.4 is 15.6 Å². The van der Waals surface area contributed by atoms with E-state index in [2.05, 4.69) is 15.6 Å². The zero-order valence-electron chi connectivity index (χ0n) is 14.9. The number of hydrogen-bond donors (Lipinski definition) is 3.